The summed E-state index contributed by atoms with van der Waals surface area (Å²) in [5.74, 6) is 0.831. The van der Waals surface area contributed by atoms with Gasteiger partial charge in [-0.3, -0.25) is 4.79 Å². The molecule has 0 radical (unpaired) electrons. The summed E-state index contributed by atoms with van der Waals surface area (Å²) in [6.07, 6.45) is 5.49. The van der Waals surface area contributed by atoms with Crippen LogP contribution in [-0.4, -0.2) is 16.1 Å². The smallest absolute Gasteiger partial charge is 0.312 e. The lowest BCUT2D eigenvalue weighted by atomic mass is 10.0. The molecule has 88 valence electrons. The van der Waals surface area contributed by atoms with E-state index >= 15 is 0 Å². The van der Waals surface area contributed by atoms with Crippen LogP contribution in [0.3, 0.4) is 0 Å². The van der Waals surface area contributed by atoms with E-state index < -0.39 is 5.97 Å². The third kappa shape index (κ3) is 2.26. The van der Waals surface area contributed by atoms with Gasteiger partial charge in [0.15, 0.2) is 0 Å². The number of aliphatic carboxylic acids is 1. The van der Waals surface area contributed by atoms with Crippen molar-refractivity contribution >= 4 is 5.97 Å². The molecule has 1 aliphatic carbocycles. The van der Waals surface area contributed by atoms with Crippen molar-refractivity contribution in [3.05, 3.63) is 17.3 Å². The number of carboxylic acids is 1. The van der Waals surface area contributed by atoms with Gasteiger partial charge in [-0.25, -0.2) is 4.98 Å². The number of hydrogen-bond acceptors (Lipinski definition) is 3. The summed E-state index contributed by atoms with van der Waals surface area (Å²) in [4.78, 5) is 15.0. The molecular formula is C12H17NO3. The highest BCUT2D eigenvalue weighted by atomic mass is 16.4. The monoisotopic (exact) mass is 223 g/mol. The second-order valence-electron chi connectivity index (χ2n) is 4.32. The predicted octanol–water partition coefficient (Wildman–Crippen LogP) is 2.52. The van der Waals surface area contributed by atoms with Crippen LogP contribution in [0.15, 0.2) is 4.42 Å². The number of hydrogen-bond donors (Lipinski definition) is 1. The van der Waals surface area contributed by atoms with E-state index in [9.17, 15) is 4.79 Å². The standard InChI is InChI=1S/C12H17NO3/c1-2-9-12(8-5-3-4-6-8)13-10(16-9)7-11(14)15/h8H,2-7H2,1H3,(H,14,15). The first kappa shape index (κ1) is 11.2. The fraction of sp³-hybridized carbons (Fsp3) is 0.667. The van der Waals surface area contributed by atoms with E-state index in [-0.39, 0.29) is 6.42 Å². The summed E-state index contributed by atoms with van der Waals surface area (Å²) in [5.41, 5.74) is 1.01. The molecule has 4 heteroatoms. The lowest BCUT2D eigenvalue weighted by Crippen LogP contribution is -2.01. The minimum absolute atomic E-state index is 0.111. The van der Waals surface area contributed by atoms with E-state index in [0.717, 1.165) is 30.7 Å². The largest absolute Gasteiger partial charge is 0.481 e. The van der Waals surface area contributed by atoms with Crippen LogP contribution in [0.4, 0.5) is 0 Å². The summed E-state index contributed by atoms with van der Waals surface area (Å²) >= 11 is 0. The Morgan fingerprint density at radius 1 is 1.50 bits per heavy atom. The Hall–Kier alpha value is -1.32. The highest BCUT2D eigenvalue weighted by molar-refractivity contribution is 5.68. The van der Waals surface area contributed by atoms with Crippen LogP contribution in [0.2, 0.25) is 0 Å². The molecule has 1 saturated carbocycles. The summed E-state index contributed by atoms with van der Waals surface area (Å²) in [7, 11) is 0. The Bertz CT molecular complexity index is 378. The molecule has 1 aromatic heterocycles. The molecule has 0 saturated heterocycles. The SMILES string of the molecule is CCc1oc(CC(=O)O)nc1C1CCCC1. The van der Waals surface area contributed by atoms with Crippen molar-refractivity contribution in [3.8, 4) is 0 Å². The van der Waals surface area contributed by atoms with Crippen LogP contribution in [0.5, 0.6) is 0 Å². The Kier molecular flexibility index (Phi) is 3.27. The van der Waals surface area contributed by atoms with Crippen LogP contribution in [0.25, 0.3) is 0 Å². The van der Waals surface area contributed by atoms with E-state index in [0.29, 0.717) is 11.8 Å². The maximum atomic E-state index is 10.6. The minimum atomic E-state index is -0.887. The third-order valence-electron chi connectivity index (χ3n) is 3.14. The van der Waals surface area contributed by atoms with Crippen LogP contribution in [0, 0.1) is 0 Å². The zero-order chi connectivity index (χ0) is 11.5. The van der Waals surface area contributed by atoms with Crippen LogP contribution < -0.4 is 0 Å². The molecule has 16 heavy (non-hydrogen) atoms. The normalized spacial score (nSPS) is 16.8. The Morgan fingerprint density at radius 3 is 2.75 bits per heavy atom. The van der Waals surface area contributed by atoms with Crippen molar-refractivity contribution in [2.24, 2.45) is 0 Å². The molecule has 1 N–H and O–H groups in total. The summed E-state index contributed by atoms with van der Waals surface area (Å²) in [6.45, 7) is 2.02. The van der Waals surface area contributed by atoms with E-state index in [2.05, 4.69) is 4.98 Å². The molecule has 0 atom stereocenters. The maximum Gasteiger partial charge on any atom is 0.312 e. The van der Waals surface area contributed by atoms with Crippen molar-refractivity contribution in [1.29, 1.82) is 0 Å². The topological polar surface area (TPSA) is 63.3 Å². The van der Waals surface area contributed by atoms with Gasteiger partial charge in [-0.1, -0.05) is 19.8 Å². The van der Waals surface area contributed by atoms with Crippen LogP contribution in [0.1, 0.15) is 55.9 Å². The zero-order valence-corrected chi connectivity index (χ0v) is 9.53. The van der Waals surface area contributed by atoms with E-state index in [1.807, 2.05) is 6.92 Å². The van der Waals surface area contributed by atoms with E-state index in [1.165, 1.54) is 12.8 Å². The molecule has 0 bridgehead atoms. The number of oxazole rings is 1. The van der Waals surface area contributed by atoms with Crippen molar-refractivity contribution < 1.29 is 14.3 Å². The number of nitrogens with zero attached hydrogens (tertiary/aromatic N) is 1. The van der Waals surface area contributed by atoms with Gasteiger partial charge in [0.05, 0.1) is 5.69 Å². The molecule has 0 spiro atoms. The lowest BCUT2D eigenvalue weighted by molar-refractivity contribution is -0.136. The molecular weight excluding hydrogens is 206 g/mol. The summed E-state index contributed by atoms with van der Waals surface area (Å²) in [6, 6.07) is 0. The molecule has 0 aromatic carbocycles. The minimum Gasteiger partial charge on any atom is -0.481 e. The molecule has 0 aliphatic heterocycles. The van der Waals surface area contributed by atoms with Crippen molar-refractivity contribution in [3.63, 3.8) is 0 Å². The fourth-order valence-electron chi connectivity index (χ4n) is 2.39. The number of aromatic nitrogens is 1. The summed E-state index contributed by atoms with van der Waals surface area (Å²) in [5, 5.41) is 8.71. The fourth-order valence-corrected chi connectivity index (χ4v) is 2.39. The van der Waals surface area contributed by atoms with Gasteiger partial charge in [0.1, 0.15) is 12.2 Å². The third-order valence-corrected chi connectivity index (χ3v) is 3.14. The van der Waals surface area contributed by atoms with Gasteiger partial charge in [-0.2, -0.15) is 0 Å². The van der Waals surface area contributed by atoms with Gasteiger partial charge in [-0.15, -0.1) is 0 Å². The second-order valence-corrected chi connectivity index (χ2v) is 4.32. The Balaban J connectivity index is 2.21. The molecule has 2 rings (SSSR count). The molecule has 1 heterocycles. The Labute approximate surface area is 94.7 Å². The predicted molar refractivity (Wildman–Crippen MR) is 58.4 cm³/mol. The molecule has 0 amide bonds. The first-order valence-electron chi connectivity index (χ1n) is 5.91. The van der Waals surface area contributed by atoms with Crippen molar-refractivity contribution in [2.45, 2.75) is 51.4 Å². The van der Waals surface area contributed by atoms with Crippen molar-refractivity contribution in [2.75, 3.05) is 0 Å². The molecule has 0 unspecified atom stereocenters. The number of carboxylic acid groups (broad SMARTS) is 1. The average Bonchev–Trinajstić information content (AvgIpc) is 2.83. The van der Waals surface area contributed by atoms with Crippen LogP contribution >= 0.6 is 0 Å². The Morgan fingerprint density at radius 2 is 2.19 bits per heavy atom. The van der Waals surface area contributed by atoms with E-state index in [1.54, 1.807) is 0 Å². The van der Waals surface area contributed by atoms with Crippen molar-refractivity contribution in [1.82, 2.24) is 4.98 Å². The molecule has 1 aromatic rings. The first-order valence-corrected chi connectivity index (χ1v) is 5.91. The van der Waals surface area contributed by atoms with Gasteiger partial charge in [0, 0.05) is 12.3 Å². The number of carbonyl (C=O) groups is 1. The quantitative estimate of drug-likeness (QED) is 0.851. The number of aryl methyl sites for hydroxylation is 1. The average molecular weight is 223 g/mol. The lowest BCUT2D eigenvalue weighted by Gasteiger charge is -2.05. The zero-order valence-electron chi connectivity index (χ0n) is 9.53. The van der Waals surface area contributed by atoms with Crippen LogP contribution in [-0.2, 0) is 17.6 Å². The molecule has 1 aliphatic rings. The van der Waals surface area contributed by atoms with Gasteiger partial charge < -0.3 is 9.52 Å². The summed E-state index contributed by atoms with van der Waals surface area (Å²) < 4.78 is 5.50. The highest BCUT2D eigenvalue weighted by Gasteiger charge is 2.24. The van der Waals surface area contributed by atoms with E-state index in [4.69, 9.17) is 9.52 Å². The second kappa shape index (κ2) is 4.68. The molecule has 4 nitrogen and oxygen atoms in total. The van der Waals surface area contributed by atoms with Gasteiger partial charge in [0.2, 0.25) is 5.89 Å². The van der Waals surface area contributed by atoms with Gasteiger partial charge in [0.25, 0.3) is 0 Å². The van der Waals surface area contributed by atoms with Gasteiger partial charge >= 0.3 is 5.97 Å². The number of rotatable bonds is 4. The maximum absolute atomic E-state index is 10.6. The first-order chi connectivity index (χ1) is 7.70. The molecule has 1 fully saturated rings. The highest BCUT2D eigenvalue weighted by Crippen LogP contribution is 2.35. The van der Waals surface area contributed by atoms with Gasteiger partial charge in [-0.05, 0) is 12.8 Å².